The van der Waals surface area contributed by atoms with E-state index in [4.69, 9.17) is 16.3 Å². The molecule has 2 rings (SSSR count). The minimum Gasteiger partial charge on any atom is -0.493 e. The van der Waals surface area contributed by atoms with Gasteiger partial charge in [-0.25, -0.2) is 0 Å². The summed E-state index contributed by atoms with van der Waals surface area (Å²) in [6.07, 6.45) is 0.215. The number of hydrogen-bond acceptors (Lipinski definition) is 3. The second kappa shape index (κ2) is 7.67. The van der Waals surface area contributed by atoms with Crippen LogP contribution < -0.4 is 10.1 Å². The molecule has 21 heavy (non-hydrogen) atoms. The highest BCUT2D eigenvalue weighted by Gasteiger charge is 2.06. The Labute approximate surface area is 128 Å². The maximum atomic E-state index is 11.8. The molecule has 5 heteroatoms. The third kappa shape index (κ3) is 4.77. The molecule has 0 saturated heterocycles. The lowest BCUT2D eigenvalue weighted by Gasteiger charge is -2.10. The summed E-state index contributed by atoms with van der Waals surface area (Å²) in [5, 5.41) is 12.5. The van der Waals surface area contributed by atoms with Gasteiger partial charge < -0.3 is 15.2 Å². The van der Waals surface area contributed by atoms with Crippen LogP contribution >= 0.6 is 11.6 Å². The van der Waals surface area contributed by atoms with Crippen LogP contribution in [0.4, 0.5) is 5.69 Å². The maximum absolute atomic E-state index is 11.8. The van der Waals surface area contributed by atoms with Crippen molar-refractivity contribution in [2.75, 3.05) is 11.9 Å². The van der Waals surface area contributed by atoms with Crippen LogP contribution in [0.3, 0.4) is 0 Å². The van der Waals surface area contributed by atoms with E-state index in [1.54, 1.807) is 42.5 Å². The molecule has 0 radical (unpaired) electrons. The van der Waals surface area contributed by atoms with Gasteiger partial charge in [0.2, 0.25) is 5.91 Å². The average molecular weight is 306 g/mol. The fourth-order valence-corrected chi connectivity index (χ4v) is 1.99. The lowest BCUT2D eigenvalue weighted by atomic mass is 10.2. The van der Waals surface area contributed by atoms with Crippen LogP contribution in [0, 0.1) is 0 Å². The molecule has 0 spiro atoms. The van der Waals surface area contributed by atoms with Crippen LogP contribution in [-0.4, -0.2) is 17.6 Å². The first kappa shape index (κ1) is 15.4. The summed E-state index contributed by atoms with van der Waals surface area (Å²) in [5.74, 6) is 0.462. The van der Waals surface area contributed by atoms with Crippen molar-refractivity contribution >= 4 is 23.2 Å². The van der Waals surface area contributed by atoms with Gasteiger partial charge in [-0.2, -0.15) is 0 Å². The van der Waals surface area contributed by atoms with Crippen molar-refractivity contribution in [2.24, 2.45) is 0 Å². The molecular weight excluding hydrogens is 290 g/mol. The van der Waals surface area contributed by atoms with Gasteiger partial charge >= 0.3 is 0 Å². The van der Waals surface area contributed by atoms with Crippen molar-refractivity contribution in [2.45, 2.75) is 13.0 Å². The molecule has 0 unspecified atom stereocenters. The number of anilines is 1. The molecule has 0 heterocycles. The largest absolute Gasteiger partial charge is 0.493 e. The lowest BCUT2D eigenvalue weighted by molar-refractivity contribution is -0.116. The van der Waals surface area contributed by atoms with E-state index < -0.39 is 0 Å². The molecule has 0 atom stereocenters. The zero-order chi connectivity index (χ0) is 15.1. The van der Waals surface area contributed by atoms with E-state index in [2.05, 4.69) is 5.32 Å². The second-order valence-electron chi connectivity index (χ2n) is 4.42. The number of nitrogens with one attached hydrogen (secondary N) is 1. The van der Waals surface area contributed by atoms with E-state index in [-0.39, 0.29) is 25.5 Å². The molecule has 2 N–H and O–H groups in total. The number of para-hydroxylation sites is 1. The van der Waals surface area contributed by atoms with Gasteiger partial charge in [0.25, 0.3) is 0 Å². The third-order valence-corrected chi connectivity index (χ3v) is 3.09. The van der Waals surface area contributed by atoms with Crippen molar-refractivity contribution in [3.63, 3.8) is 0 Å². The van der Waals surface area contributed by atoms with Gasteiger partial charge in [0.1, 0.15) is 5.75 Å². The molecular formula is C16H16ClNO3. The van der Waals surface area contributed by atoms with Crippen LogP contribution in [0.5, 0.6) is 5.75 Å². The summed E-state index contributed by atoms with van der Waals surface area (Å²) >= 11 is 5.84. The van der Waals surface area contributed by atoms with Crippen LogP contribution in [-0.2, 0) is 11.4 Å². The summed E-state index contributed by atoms with van der Waals surface area (Å²) in [5.41, 5.74) is 1.30. The molecule has 0 aliphatic carbocycles. The molecule has 0 aliphatic rings. The minimum absolute atomic E-state index is 0.116. The van der Waals surface area contributed by atoms with E-state index in [1.165, 1.54) is 0 Å². The van der Waals surface area contributed by atoms with E-state index in [0.29, 0.717) is 22.0 Å². The molecule has 0 bridgehead atoms. The van der Waals surface area contributed by atoms with Crippen LogP contribution in [0.1, 0.15) is 12.0 Å². The van der Waals surface area contributed by atoms with E-state index in [9.17, 15) is 9.90 Å². The van der Waals surface area contributed by atoms with Crippen molar-refractivity contribution < 1.29 is 14.6 Å². The van der Waals surface area contributed by atoms with Gasteiger partial charge in [-0.1, -0.05) is 35.9 Å². The normalized spacial score (nSPS) is 10.2. The molecule has 0 aliphatic heterocycles. The Kier molecular flexibility index (Phi) is 5.60. The van der Waals surface area contributed by atoms with Crippen molar-refractivity contribution in [1.29, 1.82) is 0 Å². The van der Waals surface area contributed by atoms with E-state index >= 15 is 0 Å². The molecule has 0 fully saturated rings. The summed E-state index contributed by atoms with van der Waals surface area (Å²) in [7, 11) is 0. The number of carbonyl (C=O) groups excluding carboxylic acids is 1. The van der Waals surface area contributed by atoms with Crippen molar-refractivity contribution in [1.82, 2.24) is 0 Å². The van der Waals surface area contributed by atoms with Gasteiger partial charge in [0.05, 0.1) is 19.6 Å². The van der Waals surface area contributed by atoms with Crippen molar-refractivity contribution in [3.8, 4) is 5.75 Å². The topological polar surface area (TPSA) is 58.6 Å². The summed E-state index contributed by atoms with van der Waals surface area (Å²) in [4.78, 5) is 11.8. The van der Waals surface area contributed by atoms with Crippen molar-refractivity contribution in [3.05, 3.63) is 59.1 Å². The molecule has 0 aromatic heterocycles. The number of halogens is 1. The number of benzene rings is 2. The number of amides is 1. The Morgan fingerprint density at radius 3 is 2.76 bits per heavy atom. The predicted molar refractivity (Wildman–Crippen MR) is 82.6 cm³/mol. The lowest BCUT2D eigenvalue weighted by Crippen LogP contribution is -2.16. The zero-order valence-electron chi connectivity index (χ0n) is 11.4. The van der Waals surface area contributed by atoms with Crippen LogP contribution in [0.15, 0.2) is 48.5 Å². The highest BCUT2D eigenvalue weighted by atomic mass is 35.5. The fraction of sp³-hybridized carbons (Fsp3) is 0.188. The Morgan fingerprint density at radius 1 is 1.19 bits per heavy atom. The SMILES string of the molecule is O=C(CCOc1cccc(Cl)c1)Nc1ccccc1CO. The first-order chi connectivity index (χ1) is 10.2. The summed E-state index contributed by atoms with van der Waals surface area (Å²) < 4.78 is 5.46. The number of rotatable bonds is 6. The van der Waals surface area contributed by atoms with Gasteiger partial charge in [0, 0.05) is 16.3 Å². The van der Waals surface area contributed by atoms with E-state index in [0.717, 1.165) is 0 Å². The molecule has 0 saturated carbocycles. The Morgan fingerprint density at radius 2 is 2.00 bits per heavy atom. The number of aliphatic hydroxyl groups excluding tert-OH is 1. The van der Waals surface area contributed by atoms with Crippen LogP contribution in [0.25, 0.3) is 0 Å². The average Bonchev–Trinajstić information content (AvgIpc) is 2.48. The zero-order valence-corrected chi connectivity index (χ0v) is 12.1. The standard InChI is InChI=1S/C16H16ClNO3/c17-13-5-3-6-14(10-13)21-9-8-16(20)18-15-7-2-1-4-12(15)11-19/h1-7,10,19H,8-9,11H2,(H,18,20). The number of aliphatic hydroxyl groups is 1. The molecule has 4 nitrogen and oxygen atoms in total. The Bertz CT molecular complexity index is 616. The van der Waals surface area contributed by atoms with Gasteiger partial charge in [0.15, 0.2) is 0 Å². The van der Waals surface area contributed by atoms with Gasteiger partial charge in [-0.05, 0) is 24.3 Å². The van der Waals surface area contributed by atoms with Gasteiger partial charge in [-0.15, -0.1) is 0 Å². The highest BCUT2D eigenvalue weighted by molar-refractivity contribution is 6.30. The smallest absolute Gasteiger partial charge is 0.227 e. The first-order valence-corrected chi connectivity index (χ1v) is 6.94. The van der Waals surface area contributed by atoms with Crippen LogP contribution in [0.2, 0.25) is 5.02 Å². The molecule has 1 amide bonds. The second-order valence-corrected chi connectivity index (χ2v) is 4.86. The summed E-state index contributed by atoms with van der Waals surface area (Å²) in [6.45, 7) is 0.142. The summed E-state index contributed by atoms with van der Waals surface area (Å²) in [6, 6.07) is 14.1. The number of ether oxygens (including phenoxy) is 1. The van der Waals surface area contributed by atoms with E-state index in [1.807, 2.05) is 6.07 Å². The maximum Gasteiger partial charge on any atom is 0.227 e. The first-order valence-electron chi connectivity index (χ1n) is 6.56. The molecule has 2 aromatic rings. The molecule has 110 valence electrons. The number of hydrogen-bond donors (Lipinski definition) is 2. The number of carbonyl (C=O) groups is 1. The quantitative estimate of drug-likeness (QED) is 0.861. The Hall–Kier alpha value is -2.04. The fourth-order valence-electron chi connectivity index (χ4n) is 1.81. The predicted octanol–water partition coefficient (Wildman–Crippen LogP) is 3.24. The molecule has 2 aromatic carbocycles. The third-order valence-electron chi connectivity index (χ3n) is 2.86. The Balaban J connectivity index is 1.82. The minimum atomic E-state index is -0.169. The van der Waals surface area contributed by atoms with Gasteiger partial charge in [-0.3, -0.25) is 4.79 Å². The highest BCUT2D eigenvalue weighted by Crippen LogP contribution is 2.18. The monoisotopic (exact) mass is 305 g/mol.